The van der Waals surface area contributed by atoms with Gasteiger partial charge in [-0.15, -0.1) is 11.3 Å². The SMILES string of the molecule is CCc1ccc(CNC(=NC)NCC(=O)Nc2ccc(F)c(F)c2F)s1. The molecular weight excluding hydrogens is 365 g/mol. The zero-order chi connectivity index (χ0) is 19.1. The molecule has 0 unspecified atom stereocenters. The van der Waals surface area contributed by atoms with E-state index in [1.165, 1.54) is 4.88 Å². The molecule has 0 aliphatic carbocycles. The van der Waals surface area contributed by atoms with Crippen molar-refractivity contribution in [1.29, 1.82) is 0 Å². The van der Waals surface area contributed by atoms with Crippen LogP contribution in [0.2, 0.25) is 0 Å². The maximum Gasteiger partial charge on any atom is 0.243 e. The number of aryl methyl sites for hydroxylation is 1. The predicted molar refractivity (Wildman–Crippen MR) is 96.8 cm³/mol. The maximum atomic E-state index is 13.5. The van der Waals surface area contributed by atoms with Gasteiger partial charge in [-0.05, 0) is 30.7 Å². The maximum absolute atomic E-state index is 13.5. The number of halogens is 3. The second kappa shape index (κ2) is 9.23. The Hall–Kier alpha value is -2.55. The van der Waals surface area contributed by atoms with Crippen molar-refractivity contribution in [3.05, 3.63) is 51.5 Å². The van der Waals surface area contributed by atoms with Crippen LogP contribution in [0.5, 0.6) is 0 Å². The summed E-state index contributed by atoms with van der Waals surface area (Å²) in [6.07, 6.45) is 0.971. The van der Waals surface area contributed by atoms with Crippen molar-refractivity contribution in [1.82, 2.24) is 10.6 Å². The molecule has 3 N–H and O–H groups in total. The number of nitrogens with one attached hydrogen (secondary N) is 3. The van der Waals surface area contributed by atoms with Crippen molar-refractivity contribution in [3.63, 3.8) is 0 Å². The van der Waals surface area contributed by atoms with E-state index in [-0.39, 0.29) is 6.54 Å². The number of anilines is 1. The highest BCUT2D eigenvalue weighted by molar-refractivity contribution is 7.11. The van der Waals surface area contributed by atoms with Crippen molar-refractivity contribution in [3.8, 4) is 0 Å². The number of carbonyl (C=O) groups is 1. The first kappa shape index (κ1) is 19.8. The number of guanidine groups is 1. The Labute approximate surface area is 153 Å². The van der Waals surface area contributed by atoms with Gasteiger partial charge in [0.1, 0.15) is 0 Å². The van der Waals surface area contributed by atoms with E-state index in [1.807, 2.05) is 6.07 Å². The Morgan fingerprint density at radius 1 is 1.08 bits per heavy atom. The lowest BCUT2D eigenvalue weighted by atomic mass is 10.2. The molecule has 0 saturated carbocycles. The monoisotopic (exact) mass is 384 g/mol. The number of nitrogens with zero attached hydrogens (tertiary/aromatic N) is 1. The van der Waals surface area contributed by atoms with Gasteiger partial charge >= 0.3 is 0 Å². The molecule has 140 valence electrons. The first-order chi connectivity index (χ1) is 12.4. The summed E-state index contributed by atoms with van der Waals surface area (Å²) < 4.78 is 39.6. The van der Waals surface area contributed by atoms with E-state index in [1.54, 1.807) is 18.4 Å². The van der Waals surface area contributed by atoms with Gasteiger partial charge in [0.25, 0.3) is 0 Å². The van der Waals surface area contributed by atoms with E-state index < -0.39 is 29.0 Å². The lowest BCUT2D eigenvalue weighted by Gasteiger charge is -2.12. The van der Waals surface area contributed by atoms with Crippen LogP contribution in [0.1, 0.15) is 16.7 Å². The zero-order valence-corrected chi connectivity index (χ0v) is 15.1. The van der Waals surface area contributed by atoms with E-state index in [0.717, 1.165) is 23.4 Å². The van der Waals surface area contributed by atoms with Gasteiger partial charge in [0.05, 0.1) is 18.8 Å². The Bertz CT molecular complexity index is 807. The molecule has 1 aromatic heterocycles. The van der Waals surface area contributed by atoms with E-state index >= 15 is 0 Å². The molecule has 0 bridgehead atoms. The molecule has 0 fully saturated rings. The standard InChI is InChI=1S/C17H19F3N4OS/c1-3-10-4-5-11(26-10)8-22-17(21-2)23-9-14(25)24-13-7-6-12(18)15(19)16(13)20/h4-7H,3,8-9H2,1-2H3,(H,24,25)(H2,21,22,23). The number of hydrogen-bond acceptors (Lipinski definition) is 3. The quantitative estimate of drug-likeness (QED) is 0.408. The largest absolute Gasteiger partial charge is 0.352 e. The summed E-state index contributed by atoms with van der Waals surface area (Å²) in [6.45, 7) is 2.41. The number of rotatable bonds is 6. The van der Waals surface area contributed by atoms with Crippen molar-refractivity contribution in [2.75, 3.05) is 18.9 Å². The minimum absolute atomic E-state index is 0.219. The van der Waals surface area contributed by atoms with Gasteiger partial charge in [-0.2, -0.15) is 0 Å². The third kappa shape index (κ3) is 5.22. The van der Waals surface area contributed by atoms with Gasteiger partial charge in [-0.1, -0.05) is 6.92 Å². The molecule has 0 saturated heterocycles. The average molecular weight is 384 g/mol. The number of aliphatic imine (C=N–C) groups is 1. The second-order valence-electron chi connectivity index (χ2n) is 5.27. The smallest absolute Gasteiger partial charge is 0.243 e. The van der Waals surface area contributed by atoms with Crippen LogP contribution >= 0.6 is 11.3 Å². The zero-order valence-electron chi connectivity index (χ0n) is 14.3. The molecule has 0 atom stereocenters. The van der Waals surface area contributed by atoms with E-state index in [9.17, 15) is 18.0 Å². The van der Waals surface area contributed by atoms with Crippen LogP contribution in [-0.2, 0) is 17.8 Å². The van der Waals surface area contributed by atoms with Crippen molar-refractivity contribution >= 4 is 28.9 Å². The van der Waals surface area contributed by atoms with Crippen molar-refractivity contribution in [2.24, 2.45) is 4.99 Å². The molecule has 9 heteroatoms. The molecular formula is C17H19F3N4OS. The minimum atomic E-state index is -1.63. The third-order valence-corrected chi connectivity index (χ3v) is 4.67. The van der Waals surface area contributed by atoms with Crippen LogP contribution in [-0.4, -0.2) is 25.5 Å². The van der Waals surface area contributed by atoms with Crippen LogP contribution in [0.25, 0.3) is 0 Å². The van der Waals surface area contributed by atoms with Crippen LogP contribution in [0.4, 0.5) is 18.9 Å². The van der Waals surface area contributed by atoms with Gasteiger partial charge in [-0.25, -0.2) is 13.2 Å². The van der Waals surface area contributed by atoms with Crippen LogP contribution in [0, 0.1) is 17.5 Å². The van der Waals surface area contributed by atoms with Crippen molar-refractivity contribution < 1.29 is 18.0 Å². The number of thiophene rings is 1. The summed E-state index contributed by atoms with van der Waals surface area (Å²) in [6, 6.07) is 5.78. The fraction of sp³-hybridized carbons (Fsp3) is 0.294. The van der Waals surface area contributed by atoms with E-state index in [0.29, 0.717) is 12.5 Å². The Morgan fingerprint density at radius 2 is 1.81 bits per heavy atom. The molecule has 2 aromatic rings. The minimum Gasteiger partial charge on any atom is -0.352 e. The lowest BCUT2D eigenvalue weighted by molar-refractivity contribution is -0.115. The van der Waals surface area contributed by atoms with Gasteiger partial charge in [-0.3, -0.25) is 9.79 Å². The normalized spacial score (nSPS) is 11.3. The molecule has 0 radical (unpaired) electrons. The summed E-state index contributed by atoms with van der Waals surface area (Å²) in [5.41, 5.74) is -0.427. The van der Waals surface area contributed by atoms with Gasteiger partial charge in [0, 0.05) is 16.8 Å². The van der Waals surface area contributed by atoms with Gasteiger partial charge in [0.15, 0.2) is 23.4 Å². The first-order valence-electron chi connectivity index (χ1n) is 7.90. The van der Waals surface area contributed by atoms with Crippen LogP contribution in [0.3, 0.4) is 0 Å². The Kier molecular flexibility index (Phi) is 7.02. The molecule has 1 amide bonds. The Morgan fingerprint density at radius 3 is 2.46 bits per heavy atom. The average Bonchev–Trinajstić information content (AvgIpc) is 3.10. The Balaban J connectivity index is 1.84. The fourth-order valence-corrected chi connectivity index (χ4v) is 2.98. The highest BCUT2D eigenvalue weighted by Crippen LogP contribution is 2.19. The topological polar surface area (TPSA) is 65.5 Å². The summed E-state index contributed by atoms with van der Waals surface area (Å²) in [4.78, 5) is 18.2. The first-order valence-corrected chi connectivity index (χ1v) is 8.71. The van der Waals surface area contributed by atoms with Crippen LogP contribution in [0.15, 0.2) is 29.3 Å². The highest BCUT2D eigenvalue weighted by atomic mass is 32.1. The second-order valence-corrected chi connectivity index (χ2v) is 6.52. The summed E-state index contributed by atoms with van der Waals surface area (Å²) >= 11 is 1.68. The number of amides is 1. The summed E-state index contributed by atoms with van der Waals surface area (Å²) in [5, 5.41) is 8.00. The number of benzene rings is 1. The number of carbonyl (C=O) groups excluding carboxylic acids is 1. The lowest BCUT2D eigenvalue weighted by Crippen LogP contribution is -2.41. The summed E-state index contributed by atoms with van der Waals surface area (Å²) in [7, 11) is 1.55. The predicted octanol–water partition coefficient (Wildman–Crippen LogP) is 3.03. The molecule has 0 aliphatic heterocycles. The van der Waals surface area contributed by atoms with E-state index in [2.05, 4.69) is 33.9 Å². The molecule has 2 rings (SSSR count). The van der Waals surface area contributed by atoms with E-state index in [4.69, 9.17) is 0 Å². The van der Waals surface area contributed by atoms with Crippen molar-refractivity contribution in [2.45, 2.75) is 19.9 Å². The van der Waals surface area contributed by atoms with Crippen LogP contribution < -0.4 is 16.0 Å². The molecule has 5 nitrogen and oxygen atoms in total. The fourth-order valence-electron chi connectivity index (χ4n) is 2.08. The molecule has 26 heavy (non-hydrogen) atoms. The number of hydrogen-bond donors (Lipinski definition) is 3. The molecule has 0 aliphatic rings. The van der Waals surface area contributed by atoms with Gasteiger partial charge < -0.3 is 16.0 Å². The highest BCUT2D eigenvalue weighted by Gasteiger charge is 2.15. The molecule has 0 spiro atoms. The summed E-state index contributed by atoms with van der Waals surface area (Å²) in [5.74, 6) is -4.62. The molecule has 1 heterocycles. The van der Waals surface area contributed by atoms with Gasteiger partial charge in [0.2, 0.25) is 5.91 Å². The molecule has 1 aromatic carbocycles. The third-order valence-electron chi connectivity index (χ3n) is 3.45.